The van der Waals surface area contributed by atoms with E-state index in [-0.39, 0.29) is 5.91 Å². The number of anilines is 2. The fourth-order valence-corrected chi connectivity index (χ4v) is 2.27. The van der Waals surface area contributed by atoms with Crippen molar-refractivity contribution in [3.05, 3.63) is 18.2 Å². The summed E-state index contributed by atoms with van der Waals surface area (Å²) in [7, 11) is 3.53. The molecule has 1 amide bonds. The molecule has 1 aromatic carbocycles. The molecule has 0 aromatic heterocycles. The van der Waals surface area contributed by atoms with E-state index in [1.165, 1.54) is 0 Å². The van der Waals surface area contributed by atoms with E-state index in [1.807, 2.05) is 7.05 Å². The molecule has 0 unspecified atom stereocenters. The molecular weight excluding hydrogens is 254 g/mol. The van der Waals surface area contributed by atoms with Crippen LogP contribution in [-0.2, 0) is 4.79 Å². The first-order chi connectivity index (χ1) is 9.51. The van der Waals surface area contributed by atoms with Gasteiger partial charge in [-0.1, -0.05) is 13.8 Å². The molecule has 0 fully saturated rings. The lowest BCUT2D eigenvalue weighted by molar-refractivity contribution is -0.117. The summed E-state index contributed by atoms with van der Waals surface area (Å²) in [6.45, 7) is 4.62. The molecule has 1 rings (SSSR count). The van der Waals surface area contributed by atoms with Crippen LogP contribution in [0, 0.1) is 0 Å². The second-order valence-electron chi connectivity index (χ2n) is 4.89. The van der Waals surface area contributed by atoms with Crippen LogP contribution in [0.5, 0.6) is 5.75 Å². The van der Waals surface area contributed by atoms with Crippen LogP contribution < -0.4 is 15.8 Å². The summed E-state index contributed by atoms with van der Waals surface area (Å²) in [5, 5.41) is 2.86. The van der Waals surface area contributed by atoms with Gasteiger partial charge in [0, 0.05) is 17.8 Å². The Morgan fingerprint density at radius 3 is 2.60 bits per heavy atom. The third kappa shape index (κ3) is 4.42. The van der Waals surface area contributed by atoms with E-state index in [2.05, 4.69) is 24.1 Å². The largest absolute Gasteiger partial charge is 0.494 e. The minimum atomic E-state index is -0.0533. The molecule has 0 bridgehead atoms. The molecule has 0 aliphatic heterocycles. The summed E-state index contributed by atoms with van der Waals surface area (Å²) in [4.78, 5) is 14.1. The number of amides is 1. The van der Waals surface area contributed by atoms with E-state index in [0.717, 1.165) is 12.8 Å². The Morgan fingerprint density at radius 1 is 1.40 bits per heavy atom. The minimum absolute atomic E-state index is 0.0533. The van der Waals surface area contributed by atoms with Gasteiger partial charge in [0.25, 0.3) is 0 Å². The highest BCUT2D eigenvalue weighted by Gasteiger charge is 2.15. The number of nitrogens with zero attached hydrogens (tertiary/aromatic N) is 1. The molecule has 1 aromatic rings. The van der Waals surface area contributed by atoms with Gasteiger partial charge in [-0.05, 0) is 32.0 Å². The molecule has 0 saturated heterocycles. The van der Waals surface area contributed by atoms with Gasteiger partial charge in [-0.3, -0.25) is 9.69 Å². The van der Waals surface area contributed by atoms with E-state index in [4.69, 9.17) is 10.5 Å². The smallest absolute Gasteiger partial charge is 0.238 e. The summed E-state index contributed by atoms with van der Waals surface area (Å²) < 4.78 is 5.21. The average molecular weight is 279 g/mol. The molecule has 0 saturated carbocycles. The zero-order valence-corrected chi connectivity index (χ0v) is 12.8. The van der Waals surface area contributed by atoms with Gasteiger partial charge in [-0.15, -0.1) is 0 Å². The molecule has 0 radical (unpaired) electrons. The summed E-state index contributed by atoms with van der Waals surface area (Å²) in [5.74, 6) is 0.519. The van der Waals surface area contributed by atoms with Crippen molar-refractivity contribution in [1.29, 1.82) is 0 Å². The van der Waals surface area contributed by atoms with Crippen molar-refractivity contribution in [3.63, 3.8) is 0 Å². The first-order valence-corrected chi connectivity index (χ1v) is 6.95. The maximum absolute atomic E-state index is 12.1. The monoisotopic (exact) mass is 279 g/mol. The van der Waals surface area contributed by atoms with Crippen molar-refractivity contribution >= 4 is 17.3 Å². The van der Waals surface area contributed by atoms with Crippen molar-refractivity contribution in [2.45, 2.75) is 32.7 Å². The Morgan fingerprint density at radius 2 is 2.05 bits per heavy atom. The number of carbonyl (C=O) groups is 1. The van der Waals surface area contributed by atoms with Crippen molar-refractivity contribution in [2.75, 3.05) is 31.8 Å². The van der Waals surface area contributed by atoms with E-state index in [1.54, 1.807) is 25.3 Å². The topological polar surface area (TPSA) is 67.6 Å². The van der Waals surface area contributed by atoms with Crippen LogP contribution in [0.1, 0.15) is 26.7 Å². The highest BCUT2D eigenvalue weighted by Crippen LogP contribution is 2.26. The Labute approximate surface area is 121 Å². The number of nitrogen functional groups attached to an aromatic ring is 1. The highest BCUT2D eigenvalue weighted by molar-refractivity contribution is 5.94. The zero-order valence-electron chi connectivity index (χ0n) is 12.8. The number of ether oxygens (including phenoxy) is 1. The van der Waals surface area contributed by atoms with Gasteiger partial charge in [0.1, 0.15) is 5.75 Å². The van der Waals surface area contributed by atoms with Gasteiger partial charge in [-0.2, -0.15) is 0 Å². The molecule has 5 nitrogen and oxygen atoms in total. The van der Waals surface area contributed by atoms with E-state index in [9.17, 15) is 4.79 Å². The normalized spacial score (nSPS) is 10.9. The van der Waals surface area contributed by atoms with Crippen molar-refractivity contribution in [1.82, 2.24) is 4.90 Å². The van der Waals surface area contributed by atoms with Gasteiger partial charge < -0.3 is 15.8 Å². The van der Waals surface area contributed by atoms with Gasteiger partial charge in [0.05, 0.1) is 19.3 Å². The summed E-state index contributed by atoms with van der Waals surface area (Å²) in [6, 6.07) is 5.61. The van der Waals surface area contributed by atoms with E-state index >= 15 is 0 Å². The van der Waals surface area contributed by atoms with Crippen LogP contribution in [0.3, 0.4) is 0 Å². The van der Waals surface area contributed by atoms with E-state index < -0.39 is 0 Å². The molecule has 0 aliphatic rings. The second-order valence-corrected chi connectivity index (χ2v) is 4.89. The van der Waals surface area contributed by atoms with Crippen LogP contribution in [-0.4, -0.2) is 37.6 Å². The predicted octanol–water partition coefficient (Wildman–Crippen LogP) is 2.34. The van der Waals surface area contributed by atoms with Gasteiger partial charge in [0.2, 0.25) is 5.91 Å². The van der Waals surface area contributed by atoms with Gasteiger partial charge in [0.15, 0.2) is 0 Å². The number of nitrogens with one attached hydrogen (secondary N) is 1. The summed E-state index contributed by atoms with van der Waals surface area (Å²) >= 11 is 0. The average Bonchev–Trinajstić information content (AvgIpc) is 2.42. The van der Waals surface area contributed by atoms with Crippen molar-refractivity contribution < 1.29 is 9.53 Å². The molecular formula is C15H25N3O2. The molecule has 0 aliphatic carbocycles. The Hall–Kier alpha value is -1.75. The highest BCUT2D eigenvalue weighted by atomic mass is 16.5. The Kier molecular flexibility index (Phi) is 6.31. The number of carbonyl (C=O) groups excluding carboxylic acids is 1. The maximum Gasteiger partial charge on any atom is 0.238 e. The number of likely N-dealkylation sites (N-methyl/N-ethyl adjacent to an activating group) is 1. The molecule has 3 N–H and O–H groups in total. The molecule has 112 valence electrons. The standard InChI is InChI=1S/C15H25N3O2/c1-5-12(6-2)18(3)10-15(19)17-13-8-7-11(16)9-14(13)20-4/h7-9,12H,5-6,10,16H2,1-4H3,(H,17,19). The predicted molar refractivity (Wildman–Crippen MR) is 83.0 cm³/mol. The zero-order chi connectivity index (χ0) is 15.1. The van der Waals surface area contributed by atoms with Gasteiger partial charge >= 0.3 is 0 Å². The fraction of sp³-hybridized carbons (Fsp3) is 0.533. The number of rotatable bonds is 7. The Balaban J connectivity index is 2.67. The second kappa shape index (κ2) is 7.75. The number of methoxy groups -OCH3 is 1. The molecule has 0 spiro atoms. The minimum Gasteiger partial charge on any atom is -0.494 e. The first-order valence-electron chi connectivity index (χ1n) is 6.95. The van der Waals surface area contributed by atoms with Crippen molar-refractivity contribution in [2.24, 2.45) is 0 Å². The number of nitrogens with two attached hydrogens (primary N) is 1. The van der Waals surface area contributed by atoms with Crippen LogP contribution in [0.25, 0.3) is 0 Å². The fourth-order valence-electron chi connectivity index (χ4n) is 2.27. The summed E-state index contributed by atoms with van der Waals surface area (Å²) in [5.41, 5.74) is 6.94. The van der Waals surface area contributed by atoms with E-state index in [0.29, 0.717) is 29.7 Å². The lowest BCUT2D eigenvalue weighted by atomic mass is 10.1. The number of hydrogen-bond acceptors (Lipinski definition) is 4. The summed E-state index contributed by atoms with van der Waals surface area (Å²) in [6.07, 6.45) is 2.07. The van der Waals surface area contributed by atoms with Crippen molar-refractivity contribution in [3.8, 4) is 5.75 Å². The molecule has 5 heteroatoms. The Bertz CT molecular complexity index is 445. The lowest BCUT2D eigenvalue weighted by Crippen LogP contribution is -2.37. The maximum atomic E-state index is 12.1. The third-order valence-electron chi connectivity index (χ3n) is 3.46. The third-order valence-corrected chi connectivity index (χ3v) is 3.46. The lowest BCUT2D eigenvalue weighted by Gasteiger charge is -2.25. The molecule has 0 heterocycles. The van der Waals surface area contributed by atoms with Crippen LogP contribution in [0.15, 0.2) is 18.2 Å². The quantitative estimate of drug-likeness (QED) is 0.752. The first kappa shape index (κ1) is 16.3. The SMILES string of the molecule is CCC(CC)N(C)CC(=O)Nc1ccc(N)cc1OC. The number of hydrogen-bond donors (Lipinski definition) is 2. The number of benzene rings is 1. The molecule has 20 heavy (non-hydrogen) atoms. The van der Waals surface area contributed by atoms with Crippen LogP contribution in [0.4, 0.5) is 11.4 Å². The van der Waals surface area contributed by atoms with Gasteiger partial charge in [-0.25, -0.2) is 0 Å². The van der Waals surface area contributed by atoms with Crippen LogP contribution in [0.2, 0.25) is 0 Å². The molecule has 0 atom stereocenters. The van der Waals surface area contributed by atoms with Crippen LogP contribution >= 0.6 is 0 Å².